The summed E-state index contributed by atoms with van der Waals surface area (Å²) in [4.78, 5) is 4.67. The second-order valence-electron chi connectivity index (χ2n) is 5.35. The fourth-order valence-electron chi connectivity index (χ4n) is 2.81. The summed E-state index contributed by atoms with van der Waals surface area (Å²) in [6, 6.07) is 18.5. The molecule has 0 fully saturated rings. The second kappa shape index (κ2) is 5.05. The molecule has 0 saturated heterocycles. The van der Waals surface area contributed by atoms with Crippen molar-refractivity contribution in [2.24, 2.45) is 0 Å². The van der Waals surface area contributed by atoms with E-state index in [1.54, 1.807) is 0 Å². The van der Waals surface area contributed by atoms with E-state index in [1.165, 1.54) is 11.3 Å². The Bertz CT molecular complexity index is 748. The Morgan fingerprint density at radius 1 is 0.952 bits per heavy atom. The number of nitrogens with zero attached hydrogens (tertiary/aromatic N) is 2. The van der Waals surface area contributed by atoms with Gasteiger partial charge in [0.2, 0.25) is 0 Å². The SMILES string of the molecule is c1ccc(-c2n[nH]c(C3CNc4ccccc4C3)n2)cc1. The van der Waals surface area contributed by atoms with Crippen LogP contribution in [-0.2, 0) is 6.42 Å². The van der Waals surface area contributed by atoms with Gasteiger partial charge in [0.05, 0.1) is 0 Å². The summed E-state index contributed by atoms with van der Waals surface area (Å²) in [5.74, 6) is 2.06. The Morgan fingerprint density at radius 2 is 1.76 bits per heavy atom. The van der Waals surface area contributed by atoms with E-state index >= 15 is 0 Å². The van der Waals surface area contributed by atoms with E-state index < -0.39 is 0 Å². The van der Waals surface area contributed by atoms with Gasteiger partial charge < -0.3 is 5.32 Å². The van der Waals surface area contributed by atoms with Crippen molar-refractivity contribution in [1.82, 2.24) is 15.2 Å². The zero-order chi connectivity index (χ0) is 14.1. The highest BCUT2D eigenvalue weighted by atomic mass is 15.2. The summed E-state index contributed by atoms with van der Waals surface area (Å²) in [5, 5.41) is 10.9. The van der Waals surface area contributed by atoms with E-state index in [-0.39, 0.29) is 0 Å². The van der Waals surface area contributed by atoms with Gasteiger partial charge in [-0.2, -0.15) is 5.10 Å². The van der Waals surface area contributed by atoms with Gasteiger partial charge in [-0.25, -0.2) is 4.98 Å². The van der Waals surface area contributed by atoms with Crippen molar-refractivity contribution in [2.75, 3.05) is 11.9 Å². The molecule has 0 aliphatic carbocycles. The Kier molecular flexibility index (Phi) is 2.92. The lowest BCUT2D eigenvalue weighted by Gasteiger charge is -2.24. The maximum Gasteiger partial charge on any atom is 0.181 e. The summed E-state index contributed by atoms with van der Waals surface area (Å²) >= 11 is 0. The summed E-state index contributed by atoms with van der Waals surface area (Å²) in [7, 11) is 0. The minimum atomic E-state index is 0.338. The third-order valence-corrected chi connectivity index (χ3v) is 3.94. The maximum atomic E-state index is 4.67. The number of H-pyrrole nitrogens is 1. The van der Waals surface area contributed by atoms with Gasteiger partial charge in [-0.1, -0.05) is 48.5 Å². The Labute approximate surface area is 123 Å². The summed E-state index contributed by atoms with van der Waals surface area (Å²) in [6.07, 6.45) is 0.993. The molecule has 2 aromatic carbocycles. The number of rotatable bonds is 2. The molecule has 1 unspecified atom stereocenters. The van der Waals surface area contributed by atoms with E-state index in [0.717, 1.165) is 30.2 Å². The molecule has 4 rings (SSSR count). The lowest BCUT2D eigenvalue weighted by Crippen LogP contribution is -2.22. The highest BCUT2D eigenvalue weighted by molar-refractivity contribution is 5.55. The fraction of sp³-hybridized carbons (Fsp3) is 0.176. The van der Waals surface area contributed by atoms with Crippen molar-refractivity contribution in [3.05, 3.63) is 66.0 Å². The Hall–Kier alpha value is -2.62. The zero-order valence-electron chi connectivity index (χ0n) is 11.6. The van der Waals surface area contributed by atoms with Gasteiger partial charge in [0.15, 0.2) is 5.82 Å². The molecule has 2 heterocycles. The van der Waals surface area contributed by atoms with Gasteiger partial charge >= 0.3 is 0 Å². The molecule has 3 aromatic rings. The number of fused-ring (bicyclic) bond motifs is 1. The summed E-state index contributed by atoms with van der Waals surface area (Å²) < 4.78 is 0. The number of anilines is 1. The second-order valence-corrected chi connectivity index (χ2v) is 5.35. The number of benzene rings is 2. The van der Waals surface area contributed by atoms with Crippen LogP contribution < -0.4 is 5.32 Å². The van der Waals surface area contributed by atoms with Gasteiger partial charge in [0.1, 0.15) is 5.82 Å². The highest BCUT2D eigenvalue weighted by Crippen LogP contribution is 2.29. The van der Waals surface area contributed by atoms with Crippen molar-refractivity contribution in [1.29, 1.82) is 0 Å². The lowest BCUT2D eigenvalue weighted by atomic mass is 9.93. The smallest absolute Gasteiger partial charge is 0.181 e. The first-order valence-corrected chi connectivity index (χ1v) is 7.19. The zero-order valence-corrected chi connectivity index (χ0v) is 11.6. The maximum absolute atomic E-state index is 4.67. The third kappa shape index (κ3) is 2.29. The quantitative estimate of drug-likeness (QED) is 0.755. The van der Waals surface area contributed by atoms with E-state index in [2.05, 4.69) is 44.8 Å². The van der Waals surface area contributed by atoms with Crippen LogP contribution in [0, 0.1) is 0 Å². The normalized spacial score (nSPS) is 17.0. The molecule has 4 nitrogen and oxygen atoms in total. The van der Waals surface area contributed by atoms with Crippen molar-refractivity contribution < 1.29 is 0 Å². The number of aromatic amines is 1. The molecular weight excluding hydrogens is 260 g/mol. The van der Waals surface area contributed by atoms with Gasteiger partial charge in [0, 0.05) is 23.7 Å². The van der Waals surface area contributed by atoms with Crippen molar-refractivity contribution in [2.45, 2.75) is 12.3 Å². The van der Waals surface area contributed by atoms with Crippen LogP contribution in [0.1, 0.15) is 17.3 Å². The van der Waals surface area contributed by atoms with Gasteiger partial charge in [-0.05, 0) is 18.1 Å². The van der Waals surface area contributed by atoms with E-state index in [9.17, 15) is 0 Å². The lowest BCUT2D eigenvalue weighted by molar-refractivity contribution is 0.651. The molecule has 104 valence electrons. The first kappa shape index (κ1) is 12.1. The molecule has 1 aromatic heterocycles. The predicted octanol–water partition coefficient (Wildman–Crippen LogP) is 3.22. The van der Waals surface area contributed by atoms with Gasteiger partial charge in [0.25, 0.3) is 0 Å². The fourth-order valence-corrected chi connectivity index (χ4v) is 2.81. The molecule has 4 heteroatoms. The molecule has 1 atom stereocenters. The topological polar surface area (TPSA) is 53.6 Å². The monoisotopic (exact) mass is 276 g/mol. The van der Waals surface area contributed by atoms with Crippen LogP contribution in [0.2, 0.25) is 0 Å². The number of hydrogen-bond donors (Lipinski definition) is 2. The number of aromatic nitrogens is 3. The average Bonchev–Trinajstić information content (AvgIpc) is 3.05. The standard InChI is InChI=1S/C17H16N4/c1-2-6-12(7-3-1)16-19-17(21-20-16)14-10-13-8-4-5-9-15(13)18-11-14/h1-9,14,18H,10-11H2,(H,19,20,21). The molecule has 0 amide bonds. The summed E-state index contributed by atoms with van der Waals surface area (Å²) in [6.45, 7) is 0.889. The number of hydrogen-bond acceptors (Lipinski definition) is 3. The average molecular weight is 276 g/mol. The van der Waals surface area contributed by atoms with E-state index in [0.29, 0.717) is 5.92 Å². The third-order valence-electron chi connectivity index (χ3n) is 3.94. The van der Waals surface area contributed by atoms with Crippen LogP contribution >= 0.6 is 0 Å². The molecule has 0 bridgehead atoms. The molecule has 1 aliphatic rings. The van der Waals surface area contributed by atoms with Crippen LogP contribution in [0.15, 0.2) is 54.6 Å². The van der Waals surface area contributed by atoms with Gasteiger partial charge in [-0.15, -0.1) is 0 Å². The molecule has 0 radical (unpaired) electrons. The molecule has 1 aliphatic heterocycles. The van der Waals surface area contributed by atoms with Gasteiger partial charge in [-0.3, -0.25) is 5.10 Å². The Balaban J connectivity index is 1.60. The first-order chi connectivity index (χ1) is 10.4. The van der Waals surface area contributed by atoms with Crippen molar-refractivity contribution in [3.8, 4) is 11.4 Å². The predicted molar refractivity (Wildman–Crippen MR) is 83.2 cm³/mol. The molecular formula is C17H16N4. The first-order valence-electron chi connectivity index (χ1n) is 7.19. The summed E-state index contributed by atoms with van der Waals surface area (Å²) in [5.41, 5.74) is 3.62. The van der Waals surface area contributed by atoms with Crippen LogP contribution in [0.4, 0.5) is 5.69 Å². The largest absolute Gasteiger partial charge is 0.384 e. The molecule has 2 N–H and O–H groups in total. The minimum absolute atomic E-state index is 0.338. The van der Waals surface area contributed by atoms with Crippen molar-refractivity contribution >= 4 is 5.69 Å². The minimum Gasteiger partial charge on any atom is -0.384 e. The Morgan fingerprint density at radius 3 is 2.67 bits per heavy atom. The van der Waals surface area contributed by atoms with Crippen LogP contribution in [0.3, 0.4) is 0 Å². The molecule has 0 spiro atoms. The van der Waals surface area contributed by atoms with Crippen LogP contribution in [-0.4, -0.2) is 21.7 Å². The van der Waals surface area contributed by atoms with Crippen molar-refractivity contribution in [3.63, 3.8) is 0 Å². The number of nitrogens with one attached hydrogen (secondary N) is 2. The van der Waals surface area contributed by atoms with E-state index in [4.69, 9.17) is 0 Å². The van der Waals surface area contributed by atoms with E-state index in [1.807, 2.05) is 30.3 Å². The molecule has 0 saturated carbocycles. The van der Waals surface area contributed by atoms with Crippen LogP contribution in [0.25, 0.3) is 11.4 Å². The number of para-hydroxylation sites is 1. The highest BCUT2D eigenvalue weighted by Gasteiger charge is 2.22. The molecule has 21 heavy (non-hydrogen) atoms. The van der Waals surface area contributed by atoms with Crippen LogP contribution in [0.5, 0.6) is 0 Å².